The molecule has 1 heterocycles. The summed E-state index contributed by atoms with van der Waals surface area (Å²) >= 11 is 0. The highest BCUT2D eigenvalue weighted by atomic mass is 16.6. The molecule has 7 nitrogen and oxygen atoms in total. The van der Waals surface area contributed by atoms with Crippen molar-refractivity contribution in [2.75, 3.05) is 25.4 Å². The molecule has 1 aromatic rings. The van der Waals surface area contributed by atoms with Gasteiger partial charge < -0.3 is 11.1 Å². The molecule has 0 spiro atoms. The number of anilines is 1. The van der Waals surface area contributed by atoms with Gasteiger partial charge in [-0.3, -0.25) is 19.8 Å². The molecule has 1 unspecified atom stereocenters. The van der Waals surface area contributed by atoms with Gasteiger partial charge in [-0.1, -0.05) is 13.0 Å². The lowest BCUT2D eigenvalue weighted by molar-refractivity contribution is -0.383. The summed E-state index contributed by atoms with van der Waals surface area (Å²) in [5.74, 6) is -0.362. The number of likely N-dealkylation sites (tertiary alicyclic amines) is 1. The zero-order chi connectivity index (χ0) is 15.4. The molecule has 3 N–H and O–H groups in total. The first-order chi connectivity index (χ1) is 10.0. The normalized spacial score (nSPS) is 18.6. The summed E-state index contributed by atoms with van der Waals surface area (Å²) in [4.78, 5) is 24.7. The van der Waals surface area contributed by atoms with E-state index in [-0.39, 0.29) is 22.8 Å². The van der Waals surface area contributed by atoms with Crippen LogP contribution < -0.4 is 11.1 Å². The Bertz CT molecular complexity index is 547. The maximum Gasteiger partial charge on any atom is 0.292 e. The van der Waals surface area contributed by atoms with Gasteiger partial charge in [0.15, 0.2) is 0 Å². The summed E-state index contributed by atoms with van der Waals surface area (Å²) in [6.07, 6.45) is 2.19. The number of amides is 1. The number of nitro groups is 1. The van der Waals surface area contributed by atoms with Gasteiger partial charge in [0.1, 0.15) is 5.69 Å². The lowest BCUT2D eigenvalue weighted by Gasteiger charge is -2.22. The Labute approximate surface area is 123 Å². The predicted molar refractivity (Wildman–Crippen MR) is 80.1 cm³/mol. The quantitative estimate of drug-likeness (QED) is 0.485. The van der Waals surface area contributed by atoms with Crippen molar-refractivity contribution in [2.45, 2.75) is 25.8 Å². The fourth-order valence-electron chi connectivity index (χ4n) is 2.76. The number of para-hydroxylation sites is 1. The molecule has 1 atom stereocenters. The number of carbonyl (C=O) groups is 1. The summed E-state index contributed by atoms with van der Waals surface area (Å²) in [6, 6.07) is 4.60. The molecule has 114 valence electrons. The van der Waals surface area contributed by atoms with E-state index in [0.717, 1.165) is 25.9 Å². The van der Waals surface area contributed by atoms with E-state index in [0.29, 0.717) is 12.6 Å². The van der Waals surface area contributed by atoms with E-state index in [1.807, 2.05) is 0 Å². The molecule has 21 heavy (non-hydrogen) atoms. The number of hydrogen-bond donors (Lipinski definition) is 2. The minimum Gasteiger partial charge on any atom is -0.393 e. The first-order valence-corrected chi connectivity index (χ1v) is 7.09. The van der Waals surface area contributed by atoms with Crippen molar-refractivity contribution in [1.82, 2.24) is 10.2 Å². The summed E-state index contributed by atoms with van der Waals surface area (Å²) < 4.78 is 0. The third-order valence-electron chi connectivity index (χ3n) is 3.93. The zero-order valence-electron chi connectivity index (χ0n) is 12.0. The second-order valence-electron chi connectivity index (χ2n) is 5.13. The van der Waals surface area contributed by atoms with Crippen LogP contribution in [0, 0.1) is 10.1 Å². The zero-order valence-corrected chi connectivity index (χ0v) is 12.0. The van der Waals surface area contributed by atoms with Gasteiger partial charge in [-0.2, -0.15) is 0 Å². The standard InChI is InChI=1S/C14H20N4O3/c1-2-17-8-4-5-10(17)9-16-14(19)11-6-3-7-12(13(11)15)18(20)21/h3,6-7,10H,2,4-5,8-9,15H2,1H3,(H,16,19). The molecule has 0 saturated carbocycles. The van der Waals surface area contributed by atoms with Gasteiger partial charge >= 0.3 is 0 Å². The van der Waals surface area contributed by atoms with Gasteiger partial charge in [-0.15, -0.1) is 0 Å². The van der Waals surface area contributed by atoms with Crippen molar-refractivity contribution in [3.63, 3.8) is 0 Å². The van der Waals surface area contributed by atoms with Gasteiger partial charge in [0.05, 0.1) is 10.5 Å². The number of rotatable bonds is 5. The number of nitrogen functional groups attached to an aromatic ring is 1. The second kappa shape index (κ2) is 6.53. The average Bonchev–Trinajstić information content (AvgIpc) is 2.92. The van der Waals surface area contributed by atoms with Crippen LogP contribution in [0.3, 0.4) is 0 Å². The number of nitrogens with zero attached hydrogens (tertiary/aromatic N) is 2. The van der Waals surface area contributed by atoms with E-state index >= 15 is 0 Å². The molecular weight excluding hydrogens is 272 g/mol. The number of hydrogen-bond acceptors (Lipinski definition) is 5. The Morgan fingerprint density at radius 3 is 3.00 bits per heavy atom. The summed E-state index contributed by atoms with van der Waals surface area (Å²) in [5, 5.41) is 13.7. The van der Waals surface area contributed by atoms with Crippen molar-refractivity contribution in [2.24, 2.45) is 0 Å². The molecule has 2 rings (SSSR count). The highest BCUT2D eigenvalue weighted by Crippen LogP contribution is 2.24. The Kier molecular flexibility index (Phi) is 4.74. The Morgan fingerprint density at radius 1 is 1.57 bits per heavy atom. The van der Waals surface area contributed by atoms with E-state index in [1.54, 1.807) is 0 Å². The van der Waals surface area contributed by atoms with Crippen LogP contribution in [0.15, 0.2) is 18.2 Å². The molecule has 1 amide bonds. The first-order valence-electron chi connectivity index (χ1n) is 7.09. The third kappa shape index (κ3) is 3.30. The summed E-state index contributed by atoms with van der Waals surface area (Å²) in [7, 11) is 0. The minimum absolute atomic E-state index is 0.0845. The lowest BCUT2D eigenvalue weighted by Crippen LogP contribution is -2.40. The molecular formula is C14H20N4O3. The van der Waals surface area contributed by atoms with E-state index in [1.165, 1.54) is 18.2 Å². The number of nitrogens with one attached hydrogen (secondary N) is 1. The van der Waals surface area contributed by atoms with E-state index in [9.17, 15) is 14.9 Å². The predicted octanol–water partition coefficient (Wildman–Crippen LogP) is 1.39. The van der Waals surface area contributed by atoms with Gasteiger partial charge in [-0.25, -0.2) is 0 Å². The minimum atomic E-state index is -0.581. The number of nitro benzene ring substituents is 1. The van der Waals surface area contributed by atoms with Crippen LogP contribution in [0.1, 0.15) is 30.1 Å². The van der Waals surface area contributed by atoms with Crippen LogP contribution in [0.2, 0.25) is 0 Å². The molecule has 0 aromatic heterocycles. The molecule has 1 aromatic carbocycles. The maximum atomic E-state index is 12.2. The SMILES string of the molecule is CCN1CCCC1CNC(=O)c1cccc([N+](=O)[O-])c1N. The summed E-state index contributed by atoms with van der Waals surface area (Å²) in [6.45, 7) is 4.64. The fourth-order valence-corrected chi connectivity index (χ4v) is 2.76. The second-order valence-corrected chi connectivity index (χ2v) is 5.13. The topological polar surface area (TPSA) is 102 Å². The van der Waals surface area contributed by atoms with Crippen LogP contribution in [0.25, 0.3) is 0 Å². The van der Waals surface area contributed by atoms with E-state index in [4.69, 9.17) is 5.73 Å². The van der Waals surface area contributed by atoms with E-state index < -0.39 is 4.92 Å². The van der Waals surface area contributed by atoms with Crippen molar-refractivity contribution in [3.05, 3.63) is 33.9 Å². The van der Waals surface area contributed by atoms with Crippen LogP contribution in [0.4, 0.5) is 11.4 Å². The van der Waals surface area contributed by atoms with Crippen molar-refractivity contribution in [1.29, 1.82) is 0 Å². The van der Waals surface area contributed by atoms with Gasteiger partial charge in [0.2, 0.25) is 0 Å². The molecule has 0 radical (unpaired) electrons. The number of benzene rings is 1. The number of carbonyl (C=O) groups excluding carboxylic acids is 1. The molecule has 7 heteroatoms. The van der Waals surface area contributed by atoms with Gasteiger partial charge in [0.25, 0.3) is 11.6 Å². The van der Waals surface area contributed by atoms with Crippen LogP contribution >= 0.6 is 0 Å². The Balaban J connectivity index is 2.04. The maximum absolute atomic E-state index is 12.2. The molecule has 1 saturated heterocycles. The molecule has 0 aliphatic carbocycles. The molecule has 0 bridgehead atoms. The molecule has 1 aliphatic heterocycles. The van der Waals surface area contributed by atoms with Crippen LogP contribution in [0.5, 0.6) is 0 Å². The highest BCUT2D eigenvalue weighted by molar-refractivity contribution is 6.00. The van der Waals surface area contributed by atoms with Crippen molar-refractivity contribution < 1.29 is 9.72 Å². The lowest BCUT2D eigenvalue weighted by atomic mass is 10.1. The number of nitrogens with two attached hydrogens (primary N) is 1. The van der Waals surface area contributed by atoms with E-state index in [2.05, 4.69) is 17.1 Å². The van der Waals surface area contributed by atoms with Crippen LogP contribution in [-0.2, 0) is 0 Å². The van der Waals surface area contributed by atoms with Crippen molar-refractivity contribution >= 4 is 17.3 Å². The first kappa shape index (κ1) is 15.2. The monoisotopic (exact) mass is 292 g/mol. The van der Waals surface area contributed by atoms with Gasteiger partial charge in [-0.05, 0) is 32.0 Å². The highest BCUT2D eigenvalue weighted by Gasteiger charge is 2.24. The Hall–Kier alpha value is -2.15. The van der Waals surface area contributed by atoms with Gasteiger partial charge in [0, 0.05) is 18.7 Å². The van der Waals surface area contributed by atoms with Crippen molar-refractivity contribution in [3.8, 4) is 0 Å². The molecule has 1 fully saturated rings. The number of likely N-dealkylation sites (N-methyl/N-ethyl adjacent to an activating group) is 1. The largest absolute Gasteiger partial charge is 0.393 e. The average molecular weight is 292 g/mol. The molecule has 1 aliphatic rings. The summed E-state index contributed by atoms with van der Waals surface area (Å²) in [5.41, 5.74) is 5.55. The smallest absolute Gasteiger partial charge is 0.292 e. The Morgan fingerprint density at radius 2 is 2.33 bits per heavy atom. The van der Waals surface area contributed by atoms with Crippen LogP contribution in [-0.4, -0.2) is 41.4 Å². The third-order valence-corrected chi connectivity index (χ3v) is 3.93. The fraction of sp³-hybridized carbons (Fsp3) is 0.500.